The van der Waals surface area contributed by atoms with Crippen molar-refractivity contribution in [1.82, 2.24) is 24.8 Å². The third-order valence-electron chi connectivity index (χ3n) is 11.3. The number of nitrogens with zero attached hydrogens (tertiary/aromatic N) is 4. The van der Waals surface area contributed by atoms with E-state index >= 15 is 4.79 Å². The number of H-pyrrole nitrogens is 1. The lowest BCUT2D eigenvalue weighted by Gasteiger charge is -2.38. The quantitative estimate of drug-likeness (QED) is 0.0610. The Morgan fingerprint density at radius 1 is 0.967 bits per heavy atom. The van der Waals surface area contributed by atoms with E-state index in [9.17, 15) is 9.59 Å². The second kappa shape index (κ2) is 20.0. The summed E-state index contributed by atoms with van der Waals surface area (Å²) < 4.78 is 12.1. The molecule has 3 heterocycles. The van der Waals surface area contributed by atoms with Crippen LogP contribution in [0.25, 0.3) is 33.4 Å². The van der Waals surface area contributed by atoms with Crippen LogP contribution in [0, 0.1) is 0 Å². The fourth-order valence-electron chi connectivity index (χ4n) is 8.07. The summed E-state index contributed by atoms with van der Waals surface area (Å²) in [6.45, 7) is 5.84. The number of piperidine rings is 1. The number of fused-ring (bicyclic) bond motifs is 1. The maximum Gasteiger partial charge on any atom is 0.293 e. The van der Waals surface area contributed by atoms with Gasteiger partial charge < -0.3 is 39.5 Å². The number of aromatic nitrogens is 3. The lowest BCUT2D eigenvalue weighted by Crippen LogP contribution is -2.44. The van der Waals surface area contributed by atoms with Gasteiger partial charge in [0.15, 0.2) is 0 Å². The molecule has 0 spiro atoms. The molecule has 318 valence electrons. The highest BCUT2D eigenvalue weighted by Gasteiger charge is 2.30. The number of hydrogen-bond donors (Lipinski definition) is 3. The minimum atomic E-state index is -0.420. The van der Waals surface area contributed by atoms with E-state index in [2.05, 4.69) is 32.5 Å². The van der Waals surface area contributed by atoms with E-state index in [1.807, 2.05) is 60.0 Å². The zero-order valence-corrected chi connectivity index (χ0v) is 36.5. The van der Waals surface area contributed by atoms with Crippen molar-refractivity contribution in [2.24, 2.45) is 0 Å². The number of anilines is 2. The Hall–Kier alpha value is -5.37. The van der Waals surface area contributed by atoms with Gasteiger partial charge in [-0.3, -0.25) is 14.4 Å². The zero-order chi connectivity index (χ0) is 43.0. The van der Waals surface area contributed by atoms with E-state index in [0.717, 1.165) is 61.1 Å². The van der Waals surface area contributed by atoms with Crippen LogP contribution >= 0.6 is 34.8 Å². The van der Waals surface area contributed by atoms with Crippen LogP contribution < -0.4 is 15.5 Å². The number of amides is 2. The van der Waals surface area contributed by atoms with Gasteiger partial charge in [-0.1, -0.05) is 77.3 Å². The molecule has 0 saturated carbocycles. The molecule has 1 aliphatic heterocycles. The van der Waals surface area contributed by atoms with Crippen LogP contribution in [0.1, 0.15) is 58.6 Å². The molecule has 15 heteroatoms. The molecular weight excluding hydrogens is 837 g/mol. The lowest BCUT2D eigenvalue weighted by molar-refractivity contribution is -0.128. The molecule has 2 aromatic heterocycles. The predicted octanol–water partition coefficient (Wildman–Crippen LogP) is 9.36. The summed E-state index contributed by atoms with van der Waals surface area (Å²) in [7, 11) is 3.67. The first-order valence-corrected chi connectivity index (χ1v) is 21.3. The molecule has 6 aromatic rings. The average Bonchev–Trinajstić information content (AvgIpc) is 3.87. The van der Waals surface area contributed by atoms with Gasteiger partial charge in [0.1, 0.15) is 5.69 Å². The highest BCUT2D eigenvalue weighted by Crippen LogP contribution is 2.43. The maximum atomic E-state index is 15.1. The van der Waals surface area contributed by atoms with Crippen molar-refractivity contribution in [3.05, 3.63) is 123 Å². The molecule has 1 unspecified atom stereocenters. The van der Waals surface area contributed by atoms with E-state index in [4.69, 9.17) is 49.3 Å². The summed E-state index contributed by atoms with van der Waals surface area (Å²) >= 11 is 19.7. The van der Waals surface area contributed by atoms with Crippen molar-refractivity contribution >= 4 is 75.4 Å². The Morgan fingerprint density at radius 2 is 1.72 bits per heavy atom. The molecule has 1 atom stereocenters. The molecule has 0 radical (unpaired) electrons. The van der Waals surface area contributed by atoms with Gasteiger partial charge in [-0.25, -0.2) is 4.98 Å². The highest BCUT2D eigenvalue weighted by atomic mass is 35.5. The van der Waals surface area contributed by atoms with Crippen LogP contribution in [0.5, 0.6) is 0 Å². The number of methoxy groups -OCH3 is 1. The van der Waals surface area contributed by atoms with Crippen molar-refractivity contribution in [3.8, 4) is 22.5 Å². The second-order valence-electron chi connectivity index (χ2n) is 15.1. The summed E-state index contributed by atoms with van der Waals surface area (Å²) in [5.74, 6) is -0.707. The van der Waals surface area contributed by atoms with Crippen LogP contribution in [0.15, 0.2) is 91.3 Å². The van der Waals surface area contributed by atoms with Gasteiger partial charge in [0, 0.05) is 82.0 Å². The number of benzene rings is 4. The number of imidazole rings is 1. The summed E-state index contributed by atoms with van der Waals surface area (Å²) in [6.07, 6.45) is 4.29. The van der Waals surface area contributed by atoms with Crippen LogP contribution in [0.2, 0.25) is 15.1 Å². The molecule has 3 N–H and O–H groups in total. The minimum Gasteiger partial charge on any atom is -0.468 e. The fraction of sp³-hybridized carbons (Fsp3) is 0.304. The smallest absolute Gasteiger partial charge is 0.293 e. The van der Waals surface area contributed by atoms with Crippen molar-refractivity contribution in [1.29, 1.82) is 0 Å². The molecule has 1 aliphatic rings. The lowest BCUT2D eigenvalue weighted by atomic mass is 9.99. The summed E-state index contributed by atoms with van der Waals surface area (Å²) in [4.78, 5) is 52.0. The Labute approximate surface area is 370 Å². The Bertz CT molecular complexity index is 2500. The van der Waals surface area contributed by atoms with E-state index in [-0.39, 0.29) is 17.6 Å². The number of ether oxygens (including phenoxy) is 2. The van der Waals surface area contributed by atoms with Crippen molar-refractivity contribution < 1.29 is 23.9 Å². The SMILES string of the molecule is COCCNC(=O)c1ccc(N2CCC(N(C)CCCOC=O)CC2)c(NC(=O)c2[nH]c3cc(Cl)ccc3c2-c2c(-c3ccccc3)ncn2C(C)c2ccc(Cl)cc2Cl)c1. The highest BCUT2D eigenvalue weighted by molar-refractivity contribution is 6.35. The fourth-order valence-corrected chi connectivity index (χ4v) is 8.81. The molecule has 4 aromatic carbocycles. The van der Waals surface area contributed by atoms with Gasteiger partial charge in [-0.05, 0) is 81.3 Å². The number of rotatable bonds is 17. The van der Waals surface area contributed by atoms with Crippen LogP contribution in [0.4, 0.5) is 11.4 Å². The van der Waals surface area contributed by atoms with Gasteiger partial charge in [-0.2, -0.15) is 0 Å². The molecule has 12 nitrogen and oxygen atoms in total. The number of halogens is 3. The van der Waals surface area contributed by atoms with Crippen molar-refractivity contribution in [3.63, 3.8) is 0 Å². The van der Waals surface area contributed by atoms with Gasteiger partial charge >= 0.3 is 0 Å². The molecule has 0 bridgehead atoms. The molecule has 61 heavy (non-hydrogen) atoms. The standard InChI is InChI=1S/C46H48Cl3N7O5/c1-29(35-13-11-32(47)25-37(35)49)56-27-51-42(30-8-5-4-6-9-30)44(56)41-36-14-12-33(48)26-38(36)52-43(41)46(59)53-39-24-31(45(58)50-18-23-60-3)10-15-40(39)55-20-16-34(17-21-55)54(2)19-7-22-61-28-57/h4-6,8-15,24-29,34,52H,7,16-23H2,1-3H3,(H,50,58)(H,53,59). The largest absolute Gasteiger partial charge is 0.468 e. The van der Waals surface area contributed by atoms with Gasteiger partial charge in [0.2, 0.25) is 0 Å². The topological polar surface area (TPSA) is 134 Å². The van der Waals surface area contributed by atoms with E-state index in [0.29, 0.717) is 81.1 Å². The molecule has 1 saturated heterocycles. The minimum absolute atomic E-state index is 0.283. The van der Waals surface area contributed by atoms with E-state index < -0.39 is 5.91 Å². The third-order valence-corrected chi connectivity index (χ3v) is 12.1. The summed E-state index contributed by atoms with van der Waals surface area (Å²) in [6, 6.07) is 26.2. The number of nitrogens with one attached hydrogen (secondary N) is 3. The van der Waals surface area contributed by atoms with E-state index in [1.165, 1.54) is 0 Å². The van der Waals surface area contributed by atoms with E-state index in [1.54, 1.807) is 49.8 Å². The number of aromatic amines is 1. The number of carbonyl (C=O) groups is 3. The molecule has 2 amide bonds. The first-order chi connectivity index (χ1) is 29.6. The summed E-state index contributed by atoms with van der Waals surface area (Å²) in [5.41, 5.74) is 6.28. The first-order valence-electron chi connectivity index (χ1n) is 20.2. The zero-order valence-electron chi connectivity index (χ0n) is 34.2. The van der Waals surface area contributed by atoms with Gasteiger partial charge in [-0.15, -0.1) is 0 Å². The molecular formula is C46H48Cl3N7O5. The molecule has 0 aliphatic carbocycles. The average molecular weight is 885 g/mol. The number of hydrogen-bond acceptors (Lipinski definition) is 8. The second-order valence-corrected chi connectivity index (χ2v) is 16.4. The predicted molar refractivity (Wildman–Crippen MR) is 243 cm³/mol. The third kappa shape index (κ3) is 9.90. The van der Waals surface area contributed by atoms with Gasteiger partial charge in [0.25, 0.3) is 18.3 Å². The van der Waals surface area contributed by atoms with Crippen LogP contribution in [-0.4, -0.2) is 97.3 Å². The molecule has 7 rings (SSSR count). The Balaban J connectivity index is 1.30. The van der Waals surface area contributed by atoms with Crippen molar-refractivity contribution in [2.75, 3.05) is 63.8 Å². The van der Waals surface area contributed by atoms with Crippen LogP contribution in [-0.2, 0) is 14.3 Å². The summed E-state index contributed by atoms with van der Waals surface area (Å²) in [5, 5.41) is 8.41. The number of carbonyl (C=O) groups excluding carboxylic acids is 3. The first kappa shape index (κ1) is 43.7. The van der Waals surface area contributed by atoms with Crippen molar-refractivity contribution in [2.45, 2.75) is 38.3 Å². The maximum absolute atomic E-state index is 15.1. The monoisotopic (exact) mass is 883 g/mol. The van der Waals surface area contributed by atoms with Crippen LogP contribution in [0.3, 0.4) is 0 Å². The normalized spacial score (nSPS) is 13.7. The van der Waals surface area contributed by atoms with Gasteiger partial charge in [0.05, 0.1) is 48.3 Å². The molecule has 1 fully saturated rings. The Morgan fingerprint density at radius 3 is 2.46 bits per heavy atom. The Kier molecular flexibility index (Phi) is 14.3.